The number of nitrogens with zero attached hydrogens (tertiary/aromatic N) is 2. The molecule has 2 aromatic carbocycles. The molecule has 2 aliphatic heterocycles. The minimum absolute atomic E-state index is 0.00201. The number of aliphatic hydroxyl groups is 1. The molecular formula is C31H28N2O8S. The summed E-state index contributed by atoms with van der Waals surface area (Å²) in [7, 11) is -4.32. The Bertz CT molecular complexity index is 1630. The topological polar surface area (TPSA) is 140 Å². The number of sulfone groups is 1. The van der Waals surface area contributed by atoms with E-state index in [2.05, 4.69) is 11.6 Å². The Kier molecular flexibility index (Phi) is 7.81. The van der Waals surface area contributed by atoms with Gasteiger partial charge >= 0.3 is 11.9 Å². The maximum Gasteiger partial charge on any atom is 0.338 e. The predicted octanol–water partition coefficient (Wildman–Crippen LogP) is 2.86. The van der Waals surface area contributed by atoms with Crippen LogP contribution in [-0.4, -0.2) is 70.6 Å². The van der Waals surface area contributed by atoms with Crippen molar-refractivity contribution in [2.45, 2.75) is 29.2 Å². The van der Waals surface area contributed by atoms with Gasteiger partial charge in [0.05, 0.1) is 23.4 Å². The molecule has 3 heterocycles. The van der Waals surface area contributed by atoms with Gasteiger partial charge < -0.3 is 19.5 Å². The van der Waals surface area contributed by atoms with E-state index in [0.717, 1.165) is 4.90 Å². The Balaban J connectivity index is 1.48. The molecule has 11 heteroatoms. The number of carbonyl (C=O) groups is 3. The van der Waals surface area contributed by atoms with Crippen LogP contribution in [0.15, 0.2) is 97.2 Å². The minimum atomic E-state index is -4.32. The molecule has 1 amide bonds. The number of benzene rings is 2. The minimum Gasteiger partial charge on any atom is -0.458 e. The monoisotopic (exact) mass is 588 g/mol. The highest BCUT2D eigenvalue weighted by Crippen LogP contribution is 2.49. The van der Waals surface area contributed by atoms with E-state index in [9.17, 15) is 27.9 Å². The molecule has 42 heavy (non-hydrogen) atoms. The third-order valence-corrected chi connectivity index (χ3v) is 10.2. The van der Waals surface area contributed by atoms with E-state index in [0.29, 0.717) is 11.1 Å². The smallest absolute Gasteiger partial charge is 0.338 e. The fraction of sp³-hybridized carbons (Fsp3) is 0.226. The van der Waals surface area contributed by atoms with Gasteiger partial charge in [-0.2, -0.15) is 0 Å². The van der Waals surface area contributed by atoms with Crippen LogP contribution in [0, 0.1) is 0 Å². The fourth-order valence-electron chi connectivity index (χ4n) is 5.19. The second-order valence-corrected chi connectivity index (χ2v) is 12.5. The summed E-state index contributed by atoms with van der Waals surface area (Å²) in [6.07, 6.45) is 3.11. The lowest BCUT2D eigenvalue weighted by Gasteiger charge is -2.39. The van der Waals surface area contributed by atoms with E-state index in [1.54, 1.807) is 48.5 Å². The first-order chi connectivity index (χ1) is 20.1. The molecule has 0 unspecified atom stereocenters. The third-order valence-electron chi connectivity index (χ3n) is 7.43. The number of amides is 1. The molecule has 0 bridgehead atoms. The molecule has 3 aromatic rings. The molecule has 0 saturated carbocycles. The highest BCUT2D eigenvalue weighted by atomic mass is 32.2. The quantitative estimate of drug-likeness (QED) is 0.173. The van der Waals surface area contributed by atoms with Gasteiger partial charge in [0.1, 0.15) is 11.4 Å². The van der Waals surface area contributed by atoms with Crippen molar-refractivity contribution in [1.29, 1.82) is 0 Å². The van der Waals surface area contributed by atoms with Crippen LogP contribution in [0.3, 0.4) is 0 Å². The number of pyridine rings is 1. The fourth-order valence-corrected chi connectivity index (χ4v) is 7.42. The first-order valence-corrected chi connectivity index (χ1v) is 14.6. The SMILES string of the molecule is C=CCOC(=O)c1ccnc(C=C2C(=O)N3[C@@H](C(=O)OC(c4ccccc4)c4ccccc4)[C@](C)(CO)S(=O)(=O)[C@H]23)c1. The van der Waals surface area contributed by atoms with Crippen molar-refractivity contribution >= 4 is 33.8 Å². The van der Waals surface area contributed by atoms with Gasteiger partial charge in [-0.1, -0.05) is 73.3 Å². The van der Waals surface area contributed by atoms with Crippen LogP contribution in [0.5, 0.6) is 0 Å². The van der Waals surface area contributed by atoms with Crippen LogP contribution >= 0.6 is 0 Å². The third kappa shape index (κ3) is 4.80. The van der Waals surface area contributed by atoms with Crippen LogP contribution in [0.2, 0.25) is 0 Å². The Hall–Kier alpha value is -4.61. The first kappa shape index (κ1) is 28.9. The van der Waals surface area contributed by atoms with Gasteiger partial charge in [0.25, 0.3) is 5.91 Å². The Labute approximate surface area is 242 Å². The summed E-state index contributed by atoms with van der Waals surface area (Å²) in [5.41, 5.74) is 1.44. The first-order valence-electron chi connectivity index (χ1n) is 13.1. The number of aromatic nitrogens is 1. The molecule has 216 valence electrons. The Morgan fingerprint density at radius 2 is 1.71 bits per heavy atom. The molecule has 2 fully saturated rings. The number of ether oxygens (including phenoxy) is 2. The lowest BCUT2D eigenvalue weighted by Crippen LogP contribution is -2.60. The zero-order chi connectivity index (χ0) is 30.1. The zero-order valence-electron chi connectivity index (χ0n) is 22.6. The van der Waals surface area contributed by atoms with E-state index in [1.165, 1.54) is 37.4 Å². The maximum atomic E-state index is 13.8. The van der Waals surface area contributed by atoms with Crippen molar-refractivity contribution in [2.75, 3.05) is 13.2 Å². The normalized spacial score (nSPS) is 23.3. The highest BCUT2D eigenvalue weighted by molar-refractivity contribution is 7.94. The number of esters is 2. The summed E-state index contributed by atoms with van der Waals surface area (Å²) in [6.45, 7) is 3.79. The van der Waals surface area contributed by atoms with E-state index in [1.807, 2.05) is 12.1 Å². The Morgan fingerprint density at radius 1 is 1.10 bits per heavy atom. The van der Waals surface area contributed by atoms with Crippen LogP contribution in [0.4, 0.5) is 0 Å². The molecule has 1 aromatic heterocycles. The van der Waals surface area contributed by atoms with Crippen LogP contribution in [0.1, 0.15) is 40.2 Å². The second-order valence-electron chi connectivity index (χ2n) is 10.1. The zero-order valence-corrected chi connectivity index (χ0v) is 23.4. The van der Waals surface area contributed by atoms with Crippen molar-refractivity contribution in [3.63, 3.8) is 0 Å². The van der Waals surface area contributed by atoms with Gasteiger partial charge in [-0.15, -0.1) is 0 Å². The van der Waals surface area contributed by atoms with Gasteiger partial charge in [-0.25, -0.2) is 18.0 Å². The van der Waals surface area contributed by atoms with Gasteiger partial charge in [0, 0.05) is 6.20 Å². The van der Waals surface area contributed by atoms with Crippen molar-refractivity contribution in [2.24, 2.45) is 0 Å². The summed E-state index contributed by atoms with van der Waals surface area (Å²) in [5.74, 6) is -2.33. The average Bonchev–Trinajstić information content (AvgIpc) is 3.18. The largest absolute Gasteiger partial charge is 0.458 e. The van der Waals surface area contributed by atoms with Crippen LogP contribution in [-0.2, 0) is 28.9 Å². The summed E-state index contributed by atoms with van der Waals surface area (Å²) < 4.78 is 36.5. The van der Waals surface area contributed by atoms with Crippen molar-refractivity contribution in [3.05, 3.63) is 120 Å². The molecule has 10 nitrogen and oxygen atoms in total. The summed E-state index contributed by atoms with van der Waals surface area (Å²) in [5, 5.41) is 8.82. The molecule has 0 aliphatic carbocycles. The summed E-state index contributed by atoms with van der Waals surface area (Å²) >= 11 is 0. The maximum absolute atomic E-state index is 13.8. The summed E-state index contributed by atoms with van der Waals surface area (Å²) in [4.78, 5) is 44.5. The van der Waals surface area contributed by atoms with Gasteiger partial charge in [0.2, 0.25) is 0 Å². The molecule has 2 aliphatic rings. The van der Waals surface area contributed by atoms with Crippen molar-refractivity contribution in [1.82, 2.24) is 9.88 Å². The standard InChI is InChI=1S/C31H28N2O8S/c1-3-16-40-29(36)22-14-15-32-23(17-22)18-24-27(35)33-26(31(2,19-34)42(38,39)28(24)33)30(37)41-25(20-10-6-4-7-11-20)21-12-8-5-9-13-21/h3-15,17-18,25-26,28,34H,1,16,19H2,2H3/t26-,28+,31-/m0/s1. The molecule has 0 spiro atoms. The molecule has 0 radical (unpaired) electrons. The number of fused-ring (bicyclic) bond motifs is 1. The molecule has 2 saturated heterocycles. The van der Waals surface area contributed by atoms with E-state index < -0.39 is 56.6 Å². The van der Waals surface area contributed by atoms with E-state index in [-0.39, 0.29) is 23.4 Å². The number of aliphatic hydroxyl groups excluding tert-OH is 1. The highest BCUT2D eigenvalue weighted by Gasteiger charge is 2.72. The number of hydrogen-bond donors (Lipinski definition) is 1. The lowest BCUT2D eigenvalue weighted by atomic mass is 9.94. The van der Waals surface area contributed by atoms with Gasteiger partial charge in [0.15, 0.2) is 27.4 Å². The van der Waals surface area contributed by atoms with Crippen LogP contribution in [0.25, 0.3) is 6.08 Å². The Morgan fingerprint density at radius 3 is 2.29 bits per heavy atom. The molecular weight excluding hydrogens is 560 g/mol. The molecule has 5 rings (SSSR count). The van der Waals surface area contributed by atoms with Gasteiger partial charge in [-0.05, 0) is 36.3 Å². The van der Waals surface area contributed by atoms with E-state index >= 15 is 0 Å². The van der Waals surface area contributed by atoms with Crippen molar-refractivity contribution < 1.29 is 37.4 Å². The number of β-lactam (4-membered cyclic amide) rings is 1. The number of rotatable bonds is 9. The lowest BCUT2D eigenvalue weighted by molar-refractivity contribution is -0.161. The molecule has 1 N–H and O–H groups in total. The van der Waals surface area contributed by atoms with Crippen LogP contribution < -0.4 is 0 Å². The van der Waals surface area contributed by atoms with E-state index in [4.69, 9.17) is 9.47 Å². The predicted molar refractivity (Wildman–Crippen MR) is 152 cm³/mol. The molecule has 3 atom stereocenters. The second kappa shape index (κ2) is 11.3. The van der Waals surface area contributed by atoms with Gasteiger partial charge in [-0.3, -0.25) is 9.78 Å². The summed E-state index contributed by atoms with van der Waals surface area (Å²) in [6, 6.07) is 19.0. The number of hydrogen-bond acceptors (Lipinski definition) is 9. The number of carbonyl (C=O) groups excluding carboxylic acids is 3. The average molecular weight is 589 g/mol. The van der Waals surface area contributed by atoms with Crippen molar-refractivity contribution in [3.8, 4) is 0 Å².